The van der Waals surface area contributed by atoms with Crippen LogP contribution in [-0.2, 0) is 0 Å². The van der Waals surface area contributed by atoms with Crippen LogP contribution in [0.25, 0.3) is 10.4 Å². The minimum Gasteiger partial charge on any atom is -0.504 e. The Labute approximate surface area is 165 Å². The average molecular weight is 393 g/mol. The monoisotopic (exact) mass is 392 g/mol. The summed E-state index contributed by atoms with van der Waals surface area (Å²) in [5.74, 6) is 0.616. The molecule has 4 nitrogen and oxygen atoms in total. The zero-order chi connectivity index (χ0) is 19.3. The number of nitrogens with zero attached hydrogens (tertiary/aromatic N) is 1. The van der Waals surface area contributed by atoms with E-state index in [0.717, 1.165) is 33.4 Å². The van der Waals surface area contributed by atoms with Crippen LogP contribution in [0, 0.1) is 0 Å². The van der Waals surface area contributed by atoms with Crippen molar-refractivity contribution in [2.24, 2.45) is 0 Å². The van der Waals surface area contributed by atoms with E-state index in [0.29, 0.717) is 17.8 Å². The third-order valence-corrected chi connectivity index (χ3v) is 5.92. The molecule has 6 heteroatoms. The number of phenolic OH excluding ortho intramolecular Hbond substituents is 1. The van der Waals surface area contributed by atoms with Gasteiger partial charge in [0.25, 0.3) is 0 Å². The lowest BCUT2D eigenvalue weighted by Crippen LogP contribution is -2.42. The molecule has 0 radical (unpaired) electrons. The van der Waals surface area contributed by atoms with Crippen LogP contribution in [0.15, 0.2) is 30.3 Å². The quantitative estimate of drug-likeness (QED) is 0.647. The Morgan fingerprint density at radius 3 is 2.50 bits per heavy atom. The zero-order valence-corrected chi connectivity index (χ0v) is 17.7. The van der Waals surface area contributed by atoms with Gasteiger partial charge in [-0.1, -0.05) is 12.2 Å². The highest BCUT2D eigenvalue weighted by Gasteiger charge is 2.14. The second kappa shape index (κ2) is 9.35. The number of rotatable bonds is 8. The number of thiophene rings is 1. The van der Waals surface area contributed by atoms with Crippen LogP contribution in [0.5, 0.6) is 11.5 Å². The molecule has 0 unspecified atom stereocenters. The first-order valence-corrected chi connectivity index (χ1v) is 10.1. The summed E-state index contributed by atoms with van der Waals surface area (Å²) in [7, 11) is 1.55. The lowest BCUT2D eigenvalue weighted by atomic mass is 10.1. The molecule has 0 spiro atoms. The van der Waals surface area contributed by atoms with Crippen LogP contribution in [0.4, 0.5) is 0 Å². The molecule has 0 aliphatic heterocycles. The summed E-state index contributed by atoms with van der Waals surface area (Å²) in [5, 5.41) is 13.1. The Morgan fingerprint density at radius 1 is 1.19 bits per heavy atom. The SMILES string of the molecule is COc1cc(-c2ccc(C(=S)NCCN(C(C)C)C(C)C)s2)ccc1O. The fourth-order valence-corrected chi connectivity index (χ4v) is 4.16. The van der Waals surface area contributed by atoms with Crippen LogP contribution in [0.2, 0.25) is 0 Å². The predicted molar refractivity (Wildman–Crippen MR) is 115 cm³/mol. The number of phenols is 1. The molecular weight excluding hydrogens is 364 g/mol. The van der Waals surface area contributed by atoms with E-state index in [-0.39, 0.29) is 5.75 Å². The zero-order valence-electron chi connectivity index (χ0n) is 16.1. The van der Waals surface area contributed by atoms with E-state index in [2.05, 4.69) is 37.9 Å². The molecule has 0 fully saturated rings. The normalized spacial score (nSPS) is 11.4. The molecule has 0 atom stereocenters. The summed E-state index contributed by atoms with van der Waals surface area (Å²) in [6, 6.07) is 10.5. The summed E-state index contributed by atoms with van der Waals surface area (Å²) < 4.78 is 5.19. The number of aromatic hydroxyl groups is 1. The molecule has 1 aromatic heterocycles. The van der Waals surface area contributed by atoms with E-state index in [4.69, 9.17) is 17.0 Å². The second-order valence-electron chi connectivity index (χ2n) is 6.73. The second-order valence-corrected chi connectivity index (χ2v) is 8.22. The van der Waals surface area contributed by atoms with Gasteiger partial charge in [-0.15, -0.1) is 11.3 Å². The van der Waals surface area contributed by atoms with Crippen molar-refractivity contribution < 1.29 is 9.84 Å². The summed E-state index contributed by atoms with van der Waals surface area (Å²) in [6.45, 7) is 10.7. The summed E-state index contributed by atoms with van der Waals surface area (Å²) in [5.41, 5.74) is 1.00. The minimum atomic E-state index is 0.144. The van der Waals surface area contributed by atoms with E-state index in [1.165, 1.54) is 0 Å². The molecule has 0 saturated carbocycles. The van der Waals surface area contributed by atoms with Crippen molar-refractivity contribution in [3.63, 3.8) is 0 Å². The van der Waals surface area contributed by atoms with Crippen molar-refractivity contribution in [3.05, 3.63) is 35.2 Å². The van der Waals surface area contributed by atoms with Crippen LogP contribution >= 0.6 is 23.6 Å². The largest absolute Gasteiger partial charge is 0.504 e. The van der Waals surface area contributed by atoms with Gasteiger partial charge in [0.15, 0.2) is 11.5 Å². The van der Waals surface area contributed by atoms with Crippen molar-refractivity contribution in [1.29, 1.82) is 0 Å². The third kappa shape index (κ3) is 5.19. The smallest absolute Gasteiger partial charge is 0.161 e. The van der Waals surface area contributed by atoms with Gasteiger partial charge in [0.2, 0.25) is 0 Å². The molecule has 1 heterocycles. The van der Waals surface area contributed by atoms with Gasteiger partial charge in [0.05, 0.1) is 12.0 Å². The molecule has 0 amide bonds. The summed E-state index contributed by atoms with van der Waals surface area (Å²) in [4.78, 5) is 5.36. The maximum absolute atomic E-state index is 9.74. The molecule has 2 rings (SSSR count). The van der Waals surface area contributed by atoms with Gasteiger partial charge in [-0.2, -0.15) is 0 Å². The van der Waals surface area contributed by atoms with Gasteiger partial charge in [-0.3, -0.25) is 4.90 Å². The highest BCUT2D eigenvalue weighted by molar-refractivity contribution is 7.81. The molecule has 142 valence electrons. The number of hydrogen-bond donors (Lipinski definition) is 2. The van der Waals surface area contributed by atoms with Gasteiger partial charge in [-0.05, 0) is 63.6 Å². The van der Waals surface area contributed by atoms with E-state index in [9.17, 15) is 5.11 Å². The molecule has 26 heavy (non-hydrogen) atoms. The summed E-state index contributed by atoms with van der Waals surface area (Å²) >= 11 is 7.19. The first-order chi connectivity index (χ1) is 12.3. The van der Waals surface area contributed by atoms with Crippen molar-refractivity contribution >= 4 is 28.5 Å². The van der Waals surface area contributed by atoms with Gasteiger partial charge in [-0.25, -0.2) is 0 Å². The topological polar surface area (TPSA) is 44.7 Å². The van der Waals surface area contributed by atoms with Gasteiger partial charge in [0.1, 0.15) is 4.99 Å². The lowest BCUT2D eigenvalue weighted by Gasteiger charge is -2.30. The van der Waals surface area contributed by atoms with Crippen molar-refractivity contribution in [2.75, 3.05) is 20.2 Å². The number of nitrogens with one attached hydrogen (secondary N) is 1. The fraction of sp³-hybridized carbons (Fsp3) is 0.450. The van der Waals surface area contributed by atoms with Crippen LogP contribution < -0.4 is 10.1 Å². The standard InChI is InChI=1S/C20H28N2O2S2/c1-13(2)22(14(3)4)11-10-21-20(25)19-9-8-18(26-19)15-6-7-16(23)17(12-15)24-5/h6-9,12-14,23H,10-11H2,1-5H3,(H,21,25). The van der Waals surface area contributed by atoms with Gasteiger partial charge < -0.3 is 15.2 Å². The van der Waals surface area contributed by atoms with Crippen LogP contribution in [0.1, 0.15) is 32.6 Å². The highest BCUT2D eigenvalue weighted by Crippen LogP contribution is 2.34. The van der Waals surface area contributed by atoms with Crippen molar-refractivity contribution in [3.8, 4) is 21.9 Å². The Balaban J connectivity index is 1.99. The maximum atomic E-state index is 9.74. The Kier molecular flexibility index (Phi) is 7.43. The Hall–Kier alpha value is -1.63. The van der Waals surface area contributed by atoms with E-state index >= 15 is 0 Å². The number of ether oxygens (including phenoxy) is 1. The molecule has 1 aromatic carbocycles. The third-order valence-electron chi connectivity index (χ3n) is 4.28. The Morgan fingerprint density at radius 2 is 1.88 bits per heavy atom. The number of hydrogen-bond acceptors (Lipinski definition) is 5. The van der Waals surface area contributed by atoms with Crippen molar-refractivity contribution in [1.82, 2.24) is 10.2 Å². The van der Waals surface area contributed by atoms with Crippen LogP contribution in [-0.4, -0.2) is 47.3 Å². The van der Waals surface area contributed by atoms with Gasteiger partial charge in [0, 0.05) is 30.1 Å². The first kappa shape index (κ1) is 20.7. The average Bonchev–Trinajstić information content (AvgIpc) is 3.08. The number of methoxy groups -OCH3 is 1. The minimum absolute atomic E-state index is 0.144. The number of benzene rings is 1. The molecule has 0 aliphatic carbocycles. The fourth-order valence-electron chi connectivity index (χ4n) is 2.94. The van der Waals surface area contributed by atoms with Gasteiger partial charge >= 0.3 is 0 Å². The molecule has 2 N–H and O–H groups in total. The van der Waals surface area contributed by atoms with E-state index < -0.39 is 0 Å². The molecule has 0 aliphatic rings. The van der Waals surface area contributed by atoms with Crippen LogP contribution in [0.3, 0.4) is 0 Å². The predicted octanol–water partition coefficient (Wildman–Crippen LogP) is 4.51. The Bertz CT molecular complexity index is 733. The maximum Gasteiger partial charge on any atom is 0.161 e. The first-order valence-electron chi connectivity index (χ1n) is 8.84. The number of thiocarbonyl (C=S) groups is 1. The highest BCUT2D eigenvalue weighted by atomic mass is 32.1. The van der Waals surface area contributed by atoms with E-state index in [1.807, 2.05) is 24.3 Å². The van der Waals surface area contributed by atoms with Crippen molar-refractivity contribution in [2.45, 2.75) is 39.8 Å². The lowest BCUT2D eigenvalue weighted by molar-refractivity contribution is 0.178. The molecule has 0 saturated heterocycles. The molecule has 2 aromatic rings. The van der Waals surface area contributed by atoms with E-state index in [1.54, 1.807) is 24.5 Å². The molecule has 0 bridgehead atoms. The molecular formula is C20H28N2O2S2. The summed E-state index contributed by atoms with van der Waals surface area (Å²) in [6.07, 6.45) is 0.